The van der Waals surface area contributed by atoms with Crippen molar-refractivity contribution in [1.82, 2.24) is 0 Å². The van der Waals surface area contributed by atoms with Crippen LogP contribution in [-0.4, -0.2) is 114 Å². The van der Waals surface area contributed by atoms with Crippen LogP contribution in [0.2, 0.25) is 0 Å². The van der Waals surface area contributed by atoms with Gasteiger partial charge in [0.15, 0.2) is 0 Å². The summed E-state index contributed by atoms with van der Waals surface area (Å²) < 4.78 is 16.4. The Morgan fingerprint density at radius 1 is 0.875 bits per heavy atom. The van der Waals surface area contributed by atoms with E-state index < -0.39 is 77.8 Å². The minimum absolute atomic E-state index is 0.114. The molecule has 2 aliphatic heterocycles. The van der Waals surface area contributed by atoms with Gasteiger partial charge in [0.2, 0.25) is 6.29 Å². The zero-order chi connectivity index (χ0) is 23.6. The predicted molar refractivity (Wildman–Crippen MR) is 107 cm³/mol. The van der Waals surface area contributed by atoms with Crippen LogP contribution >= 0.6 is 11.8 Å². The van der Waals surface area contributed by atoms with E-state index in [1.54, 1.807) is 0 Å². The molecule has 0 radical (unpaired) electrons. The number of nitro groups is 1. The maximum Gasteiger partial charge on any atom is 0.269 e. The average molecular weight is 479 g/mol. The number of non-ortho nitro benzene ring substituents is 1. The SMILES string of the molecule is O=[N+]([O-])c1ccc(O[C@@H]2O[C@H](CO)[C@@H](S[C@@H]3O[C@H](CO)[C@@H](O)[C@H](O)[C@H]3O)[C@H](O)[C@H]2O)cc1. The number of aliphatic hydroxyl groups is 7. The summed E-state index contributed by atoms with van der Waals surface area (Å²) in [5.41, 5.74) is -1.39. The Labute approximate surface area is 185 Å². The van der Waals surface area contributed by atoms with Crippen molar-refractivity contribution in [3.63, 3.8) is 0 Å². The van der Waals surface area contributed by atoms with Gasteiger partial charge in [-0.3, -0.25) is 10.1 Å². The first-order chi connectivity index (χ1) is 15.2. The molecule has 10 atom stereocenters. The number of thioether (sulfide) groups is 1. The van der Waals surface area contributed by atoms with E-state index in [0.29, 0.717) is 0 Å². The minimum Gasteiger partial charge on any atom is -0.462 e. The molecule has 14 heteroatoms. The van der Waals surface area contributed by atoms with Crippen LogP contribution in [0.1, 0.15) is 0 Å². The van der Waals surface area contributed by atoms with E-state index >= 15 is 0 Å². The third kappa shape index (κ3) is 5.14. The predicted octanol–water partition coefficient (Wildman–Crippen LogP) is -2.69. The lowest BCUT2D eigenvalue weighted by molar-refractivity contribution is -0.384. The highest BCUT2D eigenvalue weighted by atomic mass is 32.2. The molecular weight excluding hydrogens is 454 g/mol. The van der Waals surface area contributed by atoms with E-state index in [-0.39, 0.29) is 11.4 Å². The Morgan fingerprint density at radius 2 is 1.50 bits per heavy atom. The van der Waals surface area contributed by atoms with Crippen molar-refractivity contribution in [3.05, 3.63) is 34.4 Å². The largest absolute Gasteiger partial charge is 0.462 e. The second-order valence-corrected chi connectivity index (χ2v) is 8.65. The maximum absolute atomic E-state index is 10.7. The van der Waals surface area contributed by atoms with E-state index in [9.17, 15) is 45.9 Å². The summed E-state index contributed by atoms with van der Waals surface area (Å²) in [6.45, 7) is -1.25. The van der Waals surface area contributed by atoms with Gasteiger partial charge in [-0.1, -0.05) is 0 Å². The van der Waals surface area contributed by atoms with Gasteiger partial charge >= 0.3 is 0 Å². The molecule has 2 fully saturated rings. The van der Waals surface area contributed by atoms with Crippen molar-refractivity contribution in [2.75, 3.05) is 13.2 Å². The van der Waals surface area contributed by atoms with Crippen LogP contribution in [0.3, 0.4) is 0 Å². The highest BCUT2D eigenvalue weighted by Crippen LogP contribution is 2.38. The fourth-order valence-electron chi connectivity index (χ4n) is 3.43. The molecule has 0 aliphatic carbocycles. The molecule has 1 aromatic carbocycles. The molecule has 0 unspecified atom stereocenters. The Balaban J connectivity index is 1.70. The van der Waals surface area contributed by atoms with Crippen molar-refractivity contribution in [1.29, 1.82) is 0 Å². The fourth-order valence-corrected chi connectivity index (χ4v) is 4.92. The van der Waals surface area contributed by atoms with E-state index in [1.165, 1.54) is 24.3 Å². The Hall–Kier alpha value is -1.59. The molecule has 2 heterocycles. The van der Waals surface area contributed by atoms with Crippen molar-refractivity contribution >= 4 is 17.4 Å². The zero-order valence-corrected chi connectivity index (χ0v) is 17.3. The molecule has 1 aromatic rings. The number of benzene rings is 1. The molecule has 0 spiro atoms. The second kappa shape index (κ2) is 10.6. The summed E-state index contributed by atoms with van der Waals surface area (Å²) in [7, 11) is 0. The van der Waals surface area contributed by atoms with Crippen LogP contribution < -0.4 is 4.74 Å². The summed E-state index contributed by atoms with van der Waals surface area (Å²) in [5.74, 6) is 0.114. The van der Waals surface area contributed by atoms with Gasteiger partial charge in [0.1, 0.15) is 47.8 Å². The fraction of sp³-hybridized carbons (Fsp3) is 0.667. The molecule has 0 amide bonds. The summed E-state index contributed by atoms with van der Waals surface area (Å²) in [6, 6.07) is 4.93. The molecule has 32 heavy (non-hydrogen) atoms. The van der Waals surface area contributed by atoms with Crippen molar-refractivity contribution in [2.24, 2.45) is 0 Å². The van der Waals surface area contributed by atoms with Gasteiger partial charge in [-0.2, -0.15) is 0 Å². The lowest BCUT2D eigenvalue weighted by Gasteiger charge is -2.45. The van der Waals surface area contributed by atoms with Crippen molar-refractivity contribution in [3.8, 4) is 5.75 Å². The third-order valence-electron chi connectivity index (χ3n) is 5.26. The van der Waals surface area contributed by atoms with Gasteiger partial charge in [-0.25, -0.2) is 0 Å². The van der Waals surface area contributed by atoms with E-state index in [2.05, 4.69) is 0 Å². The van der Waals surface area contributed by atoms with Crippen LogP contribution in [0.15, 0.2) is 24.3 Å². The van der Waals surface area contributed by atoms with E-state index in [0.717, 1.165) is 11.8 Å². The van der Waals surface area contributed by atoms with E-state index in [4.69, 9.17) is 14.2 Å². The highest BCUT2D eigenvalue weighted by Gasteiger charge is 2.50. The molecular formula is C18H25NO12S. The number of nitrogens with zero attached hydrogens (tertiary/aromatic N) is 1. The van der Waals surface area contributed by atoms with Gasteiger partial charge in [0.05, 0.1) is 29.5 Å². The van der Waals surface area contributed by atoms with Gasteiger partial charge in [-0.15, -0.1) is 11.8 Å². The lowest BCUT2D eigenvalue weighted by atomic mass is 10.0. The number of hydrogen-bond acceptors (Lipinski definition) is 13. The number of rotatable bonds is 7. The molecule has 0 bridgehead atoms. The normalized spacial score (nSPS) is 40.1. The first-order valence-electron chi connectivity index (χ1n) is 9.67. The van der Waals surface area contributed by atoms with Crippen molar-refractivity contribution < 1.29 is 54.9 Å². The zero-order valence-electron chi connectivity index (χ0n) is 16.5. The molecule has 0 aromatic heterocycles. The first kappa shape index (κ1) is 25.0. The number of nitro benzene ring substituents is 1. The minimum atomic E-state index is -1.63. The van der Waals surface area contributed by atoms with Crippen LogP contribution in [0.5, 0.6) is 5.75 Å². The molecule has 0 saturated carbocycles. The number of ether oxygens (including phenoxy) is 3. The van der Waals surface area contributed by atoms with Crippen LogP contribution in [-0.2, 0) is 9.47 Å². The molecule has 2 saturated heterocycles. The molecule has 180 valence electrons. The quantitative estimate of drug-likeness (QED) is 0.157. The summed E-state index contributed by atoms with van der Waals surface area (Å²) in [4.78, 5) is 10.2. The summed E-state index contributed by atoms with van der Waals surface area (Å²) >= 11 is 0.753. The van der Waals surface area contributed by atoms with Gasteiger partial charge < -0.3 is 50.0 Å². The van der Waals surface area contributed by atoms with Gasteiger partial charge in [-0.05, 0) is 12.1 Å². The molecule has 3 rings (SSSR count). The number of aliphatic hydroxyl groups excluding tert-OH is 7. The van der Waals surface area contributed by atoms with Crippen LogP contribution in [0.4, 0.5) is 5.69 Å². The van der Waals surface area contributed by atoms with Crippen molar-refractivity contribution in [2.45, 2.75) is 59.7 Å². The van der Waals surface area contributed by atoms with Crippen LogP contribution in [0, 0.1) is 10.1 Å². The monoisotopic (exact) mass is 479 g/mol. The summed E-state index contributed by atoms with van der Waals surface area (Å²) in [5, 5.41) is 79.9. The topological polar surface area (TPSA) is 212 Å². The highest BCUT2D eigenvalue weighted by molar-refractivity contribution is 8.00. The molecule has 7 N–H and O–H groups in total. The average Bonchev–Trinajstić information content (AvgIpc) is 2.79. The molecule has 2 aliphatic rings. The Kier molecular flexibility index (Phi) is 8.26. The number of hydrogen-bond donors (Lipinski definition) is 7. The van der Waals surface area contributed by atoms with E-state index in [1.807, 2.05) is 0 Å². The lowest BCUT2D eigenvalue weighted by Crippen LogP contribution is -2.62. The Morgan fingerprint density at radius 3 is 2.06 bits per heavy atom. The smallest absolute Gasteiger partial charge is 0.269 e. The standard InChI is InChI=1S/C18H25NO12S/c20-5-9-11(22)12(23)15(26)18(31-9)32-16-10(6-21)30-17(14(25)13(16)24)29-8-3-1-7(2-4-8)19(27)28/h1-4,9-18,20-26H,5-6H2/t9-,10-,11-,12+,13-,14-,15-,16-,17-,18+/m1/s1. The van der Waals surface area contributed by atoms with Gasteiger partial charge in [0, 0.05) is 12.1 Å². The summed E-state index contributed by atoms with van der Waals surface area (Å²) in [6.07, 6.45) is -11.6. The van der Waals surface area contributed by atoms with Crippen LogP contribution in [0.25, 0.3) is 0 Å². The Bertz CT molecular complexity index is 765. The third-order valence-corrected chi connectivity index (χ3v) is 6.82. The van der Waals surface area contributed by atoms with Gasteiger partial charge in [0.25, 0.3) is 5.69 Å². The second-order valence-electron chi connectivity index (χ2n) is 7.37. The molecule has 13 nitrogen and oxygen atoms in total. The maximum atomic E-state index is 10.7. The first-order valence-corrected chi connectivity index (χ1v) is 10.6.